The Kier molecular flexibility index (Phi) is 10.8. The number of ether oxygens (including phenoxy) is 2. The van der Waals surface area contributed by atoms with Gasteiger partial charge in [-0.1, -0.05) is 27.7 Å². The van der Waals surface area contributed by atoms with Gasteiger partial charge in [-0.3, -0.25) is 4.98 Å². The molecule has 0 spiro atoms. The predicted octanol–water partition coefficient (Wildman–Crippen LogP) is 7.10. The van der Waals surface area contributed by atoms with Crippen molar-refractivity contribution >= 4 is 0 Å². The summed E-state index contributed by atoms with van der Waals surface area (Å²) in [5.74, 6) is 0.764. The zero-order valence-corrected chi connectivity index (χ0v) is 21.7. The lowest BCUT2D eigenvalue weighted by Gasteiger charge is -2.15. The molecule has 3 aromatic rings. The standard InChI is InChI=1S/C23H24F3N3O2.2C2H6/c1-13-8-16(4-5-20(13)31-23(25)26)22-28-21(17-9-14(2)27-15(3)10-17)19-6-7-30-18(11-24)12-29(19)22;2*1-2/h4-5,8-10,18,23H,6-7,11-12H2,1-3H3;2*1-2H3. The van der Waals surface area contributed by atoms with Gasteiger partial charge in [-0.05, 0) is 56.7 Å². The predicted molar refractivity (Wildman–Crippen MR) is 134 cm³/mol. The summed E-state index contributed by atoms with van der Waals surface area (Å²) >= 11 is 0. The van der Waals surface area contributed by atoms with Crippen molar-refractivity contribution in [2.24, 2.45) is 0 Å². The van der Waals surface area contributed by atoms with E-state index in [-0.39, 0.29) is 5.75 Å². The molecule has 0 radical (unpaired) electrons. The lowest BCUT2D eigenvalue weighted by molar-refractivity contribution is -0.0502. The molecule has 0 bridgehead atoms. The van der Waals surface area contributed by atoms with E-state index >= 15 is 0 Å². The highest BCUT2D eigenvalue weighted by molar-refractivity contribution is 5.70. The van der Waals surface area contributed by atoms with E-state index < -0.39 is 19.4 Å². The molecule has 1 aliphatic rings. The summed E-state index contributed by atoms with van der Waals surface area (Å²) in [7, 11) is 0. The molecule has 2 aromatic heterocycles. The van der Waals surface area contributed by atoms with Crippen molar-refractivity contribution in [2.45, 2.75) is 74.1 Å². The average molecular weight is 492 g/mol. The number of hydrogen-bond acceptors (Lipinski definition) is 4. The third-order valence-corrected chi connectivity index (χ3v) is 5.33. The van der Waals surface area contributed by atoms with Crippen LogP contribution in [0, 0.1) is 20.8 Å². The molecule has 1 atom stereocenters. The Balaban J connectivity index is 0.00000103. The van der Waals surface area contributed by atoms with Crippen LogP contribution in [0.15, 0.2) is 30.3 Å². The lowest BCUT2D eigenvalue weighted by atomic mass is 10.1. The zero-order chi connectivity index (χ0) is 26.1. The number of hydrogen-bond donors (Lipinski definition) is 0. The molecule has 1 aromatic carbocycles. The van der Waals surface area contributed by atoms with Crippen LogP contribution in [0.5, 0.6) is 5.75 Å². The van der Waals surface area contributed by atoms with Gasteiger partial charge in [-0.25, -0.2) is 9.37 Å². The Morgan fingerprint density at radius 2 is 1.66 bits per heavy atom. The maximum absolute atomic E-state index is 13.5. The van der Waals surface area contributed by atoms with Crippen LogP contribution in [0.25, 0.3) is 22.6 Å². The van der Waals surface area contributed by atoms with Crippen molar-refractivity contribution in [1.82, 2.24) is 14.5 Å². The second kappa shape index (κ2) is 13.3. The van der Waals surface area contributed by atoms with Gasteiger partial charge in [0.2, 0.25) is 0 Å². The first-order valence-corrected chi connectivity index (χ1v) is 12.1. The second-order valence-electron chi connectivity index (χ2n) is 7.74. The van der Waals surface area contributed by atoms with Crippen LogP contribution in [0.2, 0.25) is 0 Å². The first-order chi connectivity index (χ1) is 16.9. The molecule has 0 aliphatic carbocycles. The Bertz CT molecular complexity index is 1080. The van der Waals surface area contributed by atoms with Crippen LogP contribution in [0.4, 0.5) is 13.2 Å². The number of pyridine rings is 1. The third-order valence-electron chi connectivity index (χ3n) is 5.33. The van der Waals surface area contributed by atoms with E-state index in [0.717, 1.165) is 33.9 Å². The van der Waals surface area contributed by atoms with Crippen LogP contribution in [0.1, 0.15) is 50.3 Å². The van der Waals surface area contributed by atoms with Gasteiger partial charge in [-0.2, -0.15) is 8.78 Å². The fraction of sp³-hybridized carbons (Fsp3) is 0.481. The molecule has 0 amide bonds. The van der Waals surface area contributed by atoms with Crippen molar-refractivity contribution in [1.29, 1.82) is 0 Å². The minimum atomic E-state index is -2.89. The molecule has 5 nitrogen and oxygen atoms in total. The first kappa shape index (κ1) is 28.4. The molecule has 35 heavy (non-hydrogen) atoms. The smallest absolute Gasteiger partial charge is 0.387 e. The number of benzene rings is 1. The summed E-state index contributed by atoms with van der Waals surface area (Å²) in [6.45, 7) is 10.8. The van der Waals surface area contributed by atoms with Crippen LogP contribution >= 0.6 is 0 Å². The van der Waals surface area contributed by atoms with Gasteiger partial charge in [-0.15, -0.1) is 0 Å². The van der Waals surface area contributed by atoms with E-state index in [2.05, 4.69) is 9.72 Å². The zero-order valence-electron chi connectivity index (χ0n) is 21.7. The Morgan fingerprint density at radius 1 is 1.00 bits per heavy atom. The fourth-order valence-electron chi connectivity index (χ4n) is 4.05. The largest absolute Gasteiger partial charge is 0.435 e. The molecule has 3 heterocycles. The minimum absolute atomic E-state index is 0.118. The minimum Gasteiger partial charge on any atom is -0.435 e. The first-order valence-electron chi connectivity index (χ1n) is 12.1. The molecular weight excluding hydrogens is 455 g/mol. The van der Waals surface area contributed by atoms with Gasteiger partial charge < -0.3 is 14.0 Å². The van der Waals surface area contributed by atoms with Crippen LogP contribution in [-0.2, 0) is 17.7 Å². The van der Waals surface area contributed by atoms with Crippen molar-refractivity contribution in [3.05, 3.63) is 53.0 Å². The van der Waals surface area contributed by atoms with E-state index in [1.165, 1.54) is 6.07 Å². The van der Waals surface area contributed by atoms with Crippen LogP contribution in [-0.4, -0.2) is 40.5 Å². The average Bonchev–Trinajstić information content (AvgIpc) is 3.05. The van der Waals surface area contributed by atoms with Crippen LogP contribution < -0.4 is 4.74 Å². The molecule has 0 N–H and O–H groups in total. The summed E-state index contributed by atoms with van der Waals surface area (Å²) in [6, 6.07) is 8.92. The SMILES string of the molecule is CC.CC.Cc1cc(-c2nc(-c3ccc(OC(F)F)c(C)c3)n3c2CCOC(CF)C3)cc(C)n1. The number of nitrogens with zero attached hydrogens (tertiary/aromatic N) is 3. The van der Waals surface area contributed by atoms with E-state index in [1.807, 2.05) is 58.2 Å². The Hall–Kier alpha value is -2.87. The molecule has 1 unspecified atom stereocenters. The number of aryl methyl sites for hydroxylation is 3. The van der Waals surface area contributed by atoms with Crippen molar-refractivity contribution < 1.29 is 22.6 Å². The summed E-state index contributed by atoms with van der Waals surface area (Å²) in [5, 5.41) is 0. The van der Waals surface area contributed by atoms with E-state index in [9.17, 15) is 13.2 Å². The summed E-state index contributed by atoms with van der Waals surface area (Å²) in [6.07, 6.45) is 0.0238. The third kappa shape index (κ3) is 6.84. The summed E-state index contributed by atoms with van der Waals surface area (Å²) in [5.41, 5.74) is 5.78. The number of halogens is 3. The normalized spacial score (nSPS) is 14.8. The summed E-state index contributed by atoms with van der Waals surface area (Å²) < 4.78 is 51.0. The maximum Gasteiger partial charge on any atom is 0.387 e. The number of alkyl halides is 3. The van der Waals surface area contributed by atoms with Crippen molar-refractivity contribution in [3.8, 4) is 28.4 Å². The number of fused-ring (bicyclic) bond motifs is 1. The van der Waals surface area contributed by atoms with Crippen molar-refractivity contribution in [2.75, 3.05) is 13.3 Å². The second-order valence-corrected chi connectivity index (χ2v) is 7.74. The van der Waals surface area contributed by atoms with Crippen LogP contribution in [0.3, 0.4) is 0 Å². The highest BCUT2D eigenvalue weighted by Crippen LogP contribution is 2.34. The molecule has 8 heteroatoms. The molecule has 192 valence electrons. The lowest BCUT2D eigenvalue weighted by Crippen LogP contribution is -2.21. The monoisotopic (exact) mass is 491 g/mol. The summed E-state index contributed by atoms with van der Waals surface area (Å²) in [4.78, 5) is 9.37. The van der Waals surface area contributed by atoms with Crippen molar-refractivity contribution in [3.63, 3.8) is 0 Å². The van der Waals surface area contributed by atoms with E-state index in [0.29, 0.717) is 31.0 Å². The number of imidazole rings is 1. The molecular formula is C27H36F3N3O2. The quantitative estimate of drug-likeness (QED) is 0.382. The highest BCUT2D eigenvalue weighted by atomic mass is 19.3. The highest BCUT2D eigenvalue weighted by Gasteiger charge is 2.26. The van der Waals surface area contributed by atoms with E-state index in [1.54, 1.807) is 19.1 Å². The molecule has 0 fully saturated rings. The fourth-order valence-corrected chi connectivity index (χ4v) is 4.05. The Labute approximate surface area is 206 Å². The van der Waals surface area contributed by atoms with Gasteiger partial charge in [0.15, 0.2) is 0 Å². The molecule has 0 saturated heterocycles. The number of aromatic nitrogens is 3. The molecule has 1 aliphatic heterocycles. The van der Waals surface area contributed by atoms with Gasteiger partial charge in [0, 0.05) is 34.6 Å². The topological polar surface area (TPSA) is 49.2 Å². The molecule has 0 saturated carbocycles. The van der Waals surface area contributed by atoms with Gasteiger partial charge in [0.1, 0.15) is 24.4 Å². The number of rotatable bonds is 5. The van der Waals surface area contributed by atoms with Gasteiger partial charge >= 0.3 is 6.61 Å². The molecule has 4 rings (SSSR count). The Morgan fingerprint density at radius 3 is 2.23 bits per heavy atom. The maximum atomic E-state index is 13.5. The van der Waals surface area contributed by atoms with Gasteiger partial charge in [0.05, 0.1) is 18.8 Å². The van der Waals surface area contributed by atoms with E-state index in [4.69, 9.17) is 9.72 Å². The van der Waals surface area contributed by atoms with Gasteiger partial charge in [0.25, 0.3) is 0 Å².